The summed E-state index contributed by atoms with van der Waals surface area (Å²) in [6, 6.07) is 18.8. The van der Waals surface area contributed by atoms with Crippen LogP contribution in [0.25, 0.3) is 16.2 Å². The van der Waals surface area contributed by atoms with E-state index in [2.05, 4.69) is 86.4 Å². The molecule has 2 aromatic heterocycles. The Kier molecular flexibility index (Phi) is 6.81. The molecule has 0 radical (unpaired) electrons. The van der Waals surface area contributed by atoms with Crippen LogP contribution in [0.2, 0.25) is 0 Å². The number of nitrogens with one attached hydrogen (secondary N) is 1. The Balaban J connectivity index is 1.30. The van der Waals surface area contributed by atoms with Gasteiger partial charge in [0.1, 0.15) is 5.69 Å². The maximum atomic E-state index is 13.1. The second kappa shape index (κ2) is 10.0. The number of rotatable bonds is 6. The fourth-order valence-corrected chi connectivity index (χ4v) is 5.36. The van der Waals surface area contributed by atoms with E-state index in [1.807, 2.05) is 27.4 Å². The fourth-order valence-electron chi connectivity index (χ4n) is 4.50. The molecule has 37 heavy (non-hydrogen) atoms. The molecule has 9 heteroatoms. The number of aromatic nitrogens is 3. The monoisotopic (exact) mass is 517 g/mol. The first-order chi connectivity index (χ1) is 17.7. The highest BCUT2D eigenvalue weighted by Gasteiger charge is 2.25. The van der Waals surface area contributed by atoms with E-state index in [4.69, 9.17) is 10.1 Å². The first kappa shape index (κ1) is 25.1. The first-order valence-electron chi connectivity index (χ1n) is 12.7. The number of hydrogen-bond donors (Lipinski definition) is 1. The Morgan fingerprint density at radius 2 is 1.70 bits per heavy atom. The minimum atomic E-state index is -0.164. The molecule has 1 amide bonds. The summed E-state index contributed by atoms with van der Waals surface area (Å²) in [5.74, 6) is 0.988. The molecule has 5 rings (SSSR count). The summed E-state index contributed by atoms with van der Waals surface area (Å²) in [5, 5.41) is 9.23. The maximum Gasteiger partial charge on any atom is 0.242 e. The summed E-state index contributed by atoms with van der Waals surface area (Å²) in [6.07, 6.45) is 0. The SMILES string of the molecule is Cc1ccc(-c2nc3sc(N(C)CC(=O)N4CCN(c5ccccc5)CC4)nn3c2NC(C)(C)C)cc1. The quantitative estimate of drug-likeness (QED) is 0.398. The second-order valence-electron chi connectivity index (χ2n) is 10.7. The Hall–Kier alpha value is -3.59. The molecule has 1 fully saturated rings. The molecule has 1 aliphatic heterocycles. The number of fused-ring (bicyclic) bond motifs is 1. The zero-order valence-electron chi connectivity index (χ0n) is 22.2. The van der Waals surface area contributed by atoms with Gasteiger partial charge >= 0.3 is 0 Å². The molecule has 1 N–H and O–H groups in total. The van der Waals surface area contributed by atoms with E-state index in [0.29, 0.717) is 0 Å². The summed E-state index contributed by atoms with van der Waals surface area (Å²) in [7, 11) is 1.92. The van der Waals surface area contributed by atoms with Gasteiger partial charge in [0, 0.05) is 50.0 Å². The second-order valence-corrected chi connectivity index (χ2v) is 11.6. The predicted octanol–water partition coefficient (Wildman–Crippen LogP) is 4.76. The minimum Gasteiger partial charge on any atom is -0.368 e. The van der Waals surface area contributed by atoms with Crippen molar-refractivity contribution >= 4 is 38.8 Å². The van der Waals surface area contributed by atoms with Crippen LogP contribution >= 0.6 is 11.3 Å². The molecule has 2 aromatic carbocycles. The van der Waals surface area contributed by atoms with Crippen LogP contribution in [-0.4, -0.2) is 70.7 Å². The smallest absolute Gasteiger partial charge is 0.242 e. The standard InChI is InChI=1S/C28H35N7OS/c1-20-11-13-21(14-12-20)24-25(30-28(2,3)4)35-26(29-24)37-27(31-35)32(5)19-23(36)34-17-15-33(16-18-34)22-9-7-6-8-10-22/h6-14,30H,15-19H2,1-5H3. The van der Waals surface area contributed by atoms with Crippen molar-refractivity contribution in [3.63, 3.8) is 0 Å². The van der Waals surface area contributed by atoms with E-state index in [0.717, 1.165) is 53.3 Å². The molecule has 0 saturated carbocycles. The van der Waals surface area contributed by atoms with Gasteiger partial charge in [-0.05, 0) is 39.8 Å². The fraction of sp³-hybridized carbons (Fsp3) is 0.393. The van der Waals surface area contributed by atoms with Crippen LogP contribution in [0.15, 0.2) is 54.6 Å². The molecule has 0 aliphatic carbocycles. The van der Waals surface area contributed by atoms with Crippen molar-refractivity contribution in [2.45, 2.75) is 33.2 Å². The van der Waals surface area contributed by atoms with E-state index >= 15 is 0 Å². The van der Waals surface area contributed by atoms with Gasteiger partial charge in [0.05, 0.1) is 6.54 Å². The molecule has 1 saturated heterocycles. The van der Waals surface area contributed by atoms with Crippen LogP contribution in [0.1, 0.15) is 26.3 Å². The van der Waals surface area contributed by atoms with Crippen LogP contribution in [-0.2, 0) is 4.79 Å². The van der Waals surface area contributed by atoms with Gasteiger partial charge in [-0.2, -0.15) is 4.52 Å². The van der Waals surface area contributed by atoms with Crippen molar-refractivity contribution < 1.29 is 4.79 Å². The van der Waals surface area contributed by atoms with Crippen molar-refractivity contribution in [3.05, 3.63) is 60.2 Å². The van der Waals surface area contributed by atoms with Crippen LogP contribution in [0, 0.1) is 6.92 Å². The number of carbonyl (C=O) groups excluding carboxylic acids is 1. The molecule has 0 unspecified atom stereocenters. The van der Waals surface area contributed by atoms with Crippen LogP contribution < -0.4 is 15.1 Å². The average molecular weight is 518 g/mol. The number of carbonyl (C=O) groups is 1. The largest absolute Gasteiger partial charge is 0.368 e. The Labute approximate surface area is 222 Å². The molecule has 8 nitrogen and oxygen atoms in total. The van der Waals surface area contributed by atoms with E-state index < -0.39 is 0 Å². The highest BCUT2D eigenvalue weighted by Crippen LogP contribution is 2.34. The number of benzene rings is 2. The lowest BCUT2D eigenvalue weighted by molar-refractivity contribution is -0.129. The molecule has 1 aliphatic rings. The minimum absolute atomic E-state index is 0.122. The topological polar surface area (TPSA) is 69.0 Å². The molecular weight excluding hydrogens is 482 g/mol. The summed E-state index contributed by atoms with van der Waals surface area (Å²) in [6.45, 7) is 11.9. The van der Waals surface area contributed by atoms with Gasteiger partial charge in [-0.3, -0.25) is 4.79 Å². The molecule has 4 aromatic rings. The van der Waals surface area contributed by atoms with Gasteiger partial charge in [-0.1, -0.05) is 59.4 Å². The molecule has 194 valence electrons. The van der Waals surface area contributed by atoms with Crippen LogP contribution in [0.3, 0.4) is 0 Å². The van der Waals surface area contributed by atoms with E-state index in [1.165, 1.54) is 22.6 Å². The lowest BCUT2D eigenvalue weighted by Gasteiger charge is -2.36. The number of imidazole rings is 1. The normalized spacial score (nSPS) is 14.3. The molecule has 0 bridgehead atoms. The Morgan fingerprint density at radius 3 is 2.35 bits per heavy atom. The highest BCUT2D eigenvalue weighted by atomic mass is 32.1. The Morgan fingerprint density at radius 1 is 1.03 bits per heavy atom. The average Bonchev–Trinajstić information content (AvgIpc) is 3.44. The number of aryl methyl sites for hydroxylation is 1. The van der Waals surface area contributed by atoms with Crippen molar-refractivity contribution in [2.24, 2.45) is 0 Å². The van der Waals surface area contributed by atoms with Crippen molar-refractivity contribution in [1.29, 1.82) is 0 Å². The number of hydrogen-bond acceptors (Lipinski definition) is 7. The van der Waals surface area contributed by atoms with E-state index in [-0.39, 0.29) is 18.0 Å². The summed E-state index contributed by atoms with van der Waals surface area (Å²) >= 11 is 1.50. The third kappa shape index (κ3) is 5.56. The third-order valence-electron chi connectivity index (χ3n) is 6.46. The molecule has 0 atom stereocenters. The van der Waals surface area contributed by atoms with Gasteiger partial charge in [-0.15, -0.1) is 5.10 Å². The van der Waals surface area contributed by atoms with Crippen molar-refractivity contribution in [2.75, 3.05) is 54.9 Å². The van der Waals surface area contributed by atoms with Gasteiger partial charge in [-0.25, -0.2) is 4.98 Å². The summed E-state index contributed by atoms with van der Waals surface area (Å²) in [5.41, 5.74) is 4.19. The number of likely N-dealkylation sites (N-methyl/N-ethyl adjacent to an activating group) is 1. The van der Waals surface area contributed by atoms with Gasteiger partial charge in [0.2, 0.25) is 16.0 Å². The number of nitrogens with zero attached hydrogens (tertiary/aromatic N) is 6. The third-order valence-corrected chi connectivity index (χ3v) is 7.49. The van der Waals surface area contributed by atoms with Crippen LogP contribution in [0.5, 0.6) is 0 Å². The number of piperazine rings is 1. The van der Waals surface area contributed by atoms with E-state index in [9.17, 15) is 4.79 Å². The highest BCUT2D eigenvalue weighted by molar-refractivity contribution is 7.20. The summed E-state index contributed by atoms with van der Waals surface area (Å²) in [4.78, 5) is 25.1. The van der Waals surface area contributed by atoms with Crippen molar-refractivity contribution in [3.8, 4) is 11.3 Å². The molecule has 3 heterocycles. The Bertz CT molecular complexity index is 1360. The maximum absolute atomic E-state index is 13.1. The first-order valence-corrected chi connectivity index (χ1v) is 13.5. The van der Waals surface area contributed by atoms with Crippen molar-refractivity contribution in [1.82, 2.24) is 19.5 Å². The van der Waals surface area contributed by atoms with Gasteiger partial charge < -0.3 is 20.0 Å². The van der Waals surface area contributed by atoms with Gasteiger partial charge in [0.15, 0.2) is 5.82 Å². The zero-order valence-corrected chi connectivity index (χ0v) is 23.0. The number of amides is 1. The number of anilines is 3. The lowest BCUT2D eigenvalue weighted by Crippen LogP contribution is -2.51. The van der Waals surface area contributed by atoms with E-state index in [1.54, 1.807) is 0 Å². The number of para-hydroxylation sites is 1. The van der Waals surface area contributed by atoms with Crippen LogP contribution in [0.4, 0.5) is 16.6 Å². The molecular formula is C28H35N7OS. The predicted molar refractivity (Wildman–Crippen MR) is 153 cm³/mol. The van der Waals surface area contributed by atoms with Gasteiger partial charge in [0.25, 0.3) is 0 Å². The molecule has 0 spiro atoms. The zero-order chi connectivity index (χ0) is 26.2. The summed E-state index contributed by atoms with van der Waals surface area (Å²) < 4.78 is 1.88. The lowest BCUT2D eigenvalue weighted by atomic mass is 10.1.